The maximum absolute atomic E-state index is 6.01. The van der Waals surface area contributed by atoms with Crippen molar-refractivity contribution in [1.82, 2.24) is 10.1 Å². The fraction of sp³-hybridized carbons (Fsp3) is 0.467. The number of aromatic nitrogens is 2. The highest BCUT2D eigenvalue weighted by molar-refractivity contribution is 6.35. The van der Waals surface area contributed by atoms with Crippen molar-refractivity contribution in [2.24, 2.45) is 11.7 Å². The van der Waals surface area contributed by atoms with Crippen molar-refractivity contribution in [2.75, 3.05) is 6.54 Å². The summed E-state index contributed by atoms with van der Waals surface area (Å²) in [4.78, 5) is 4.51. The molecule has 1 heterocycles. The molecule has 3 rings (SSSR count). The Morgan fingerprint density at radius 2 is 1.76 bits per heavy atom. The zero-order valence-corrected chi connectivity index (χ0v) is 13.1. The van der Waals surface area contributed by atoms with Crippen LogP contribution in [0.4, 0.5) is 0 Å². The molecule has 0 radical (unpaired) electrons. The van der Waals surface area contributed by atoms with E-state index < -0.39 is 0 Å². The molecule has 0 amide bonds. The highest BCUT2D eigenvalue weighted by Gasteiger charge is 2.26. The summed E-state index contributed by atoms with van der Waals surface area (Å²) in [6.07, 6.45) is 4.36. The van der Waals surface area contributed by atoms with Gasteiger partial charge in [-0.2, -0.15) is 4.98 Å². The first kappa shape index (κ1) is 14.8. The Kier molecular flexibility index (Phi) is 4.48. The van der Waals surface area contributed by atoms with Gasteiger partial charge in [0.15, 0.2) is 0 Å². The Morgan fingerprint density at radius 1 is 1.10 bits per heavy atom. The third-order valence-corrected chi connectivity index (χ3v) is 4.53. The first-order valence-corrected chi connectivity index (χ1v) is 7.91. The Balaban J connectivity index is 1.77. The lowest BCUT2D eigenvalue weighted by atomic mass is 9.82. The zero-order chi connectivity index (χ0) is 14.8. The summed E-state index contributed by atoms with van der Waals surface area (Å²) in [5.74, 6) is 2.21. The largest absolute Gasteiger partial charge is 0.339 e. The minimum absolute atomic E-state index is 0.337. The predicted molar refractivity (Wildman–Crippen MR) is 83.5 cm³/mol. The summed E-state index contributed by atoms with van der Waals surface area (Å²) in [6, 6.07) is 5.25. The normalized spacial score (nSPS) is 22.4. The topological polar surface area (TPSA) is 64.9 Å². The lowest BCUT2D eigenvalue weighted by Crippen LogP contribution is -2.20. The van der Waals surface area contributed by atoms with Crippen LogP contribution in [-0.4, -0.2) is 16.7 Å². The number of nitrogens with zero attached hydrogens (tertiary/aromatic N) is 2. The average molecular weight is 326 g/mol. The number of benzene rings is 1. The van der Waals surface area contributed by atoms with Gasteiger partial charge in [-0.05, 0) is 56.3 Å². The number of hydrogen-bond acceptors (Lipinski definition) is 4. The van der Waals surface area contributed by atoms with E-state index in [1.54, 1.807) is 18.2 Å². The van der Waals surface area contributed by atoms with Gasteiger partial charge in [0.2, 0.25) is 11.7 Å². The van der Waals surface area contributed by atoms with Crippen molar-refractivity contribution in [3.63, 3.8) is 0 Å². The molecular formula is C15H17Cl2N3O. The van der Waals surface area contributed by atoms with Crippen LogP contribution in [0.25, 0.3) is 11.4 Å². The van der Waals surface area contributed by atoms with Crippen LogP contribution in [0.15, 0.2) is 22.7 Å². The molecule has 2 N–H and O–H groups in total. The van der Waals surface area contributed by atoms with Crippen LogP contribution >= 0.6 is 23.2 Å². The van der Waals surface area contributed by atoms with Crippen LogP contribution < -0.4 is 5.73 Å². The number of hydrogen-bond donors (Lipinski definition) is 1. The zero-order valence-electron chi connectivity index (χ0n) is 11.6. The SMILES string of the molecule is NCC1CCC(c2nc(-c3cc(Cl)cc(Cl)c3)no2)CC1. The first-order chi connectivity index (χ1) is 10.2. The van der Waals surface area contributed by atoms with Crippen molar-refractivity contribution < 1.29 is 4.52 Å². The van der Waals surface area contributed by atoms with E-state index >= 15 is 0 Å². The van der Waals surface area contributed by atoms with E-state index in [0.29, 0.717) is 33.6 Å². The molecule has 1 aromatic carbocycles. The lowest BCUT2D eigenvalue weighted by molar-refractivity contribution is 0.275. The molecule has 1 fully saturated rings. The first-order valence-electron chi connectivity index (χ1n) is 7.16. The van der Waals surface area contributed by atoms with Crippen LogP contribution in [0.2, 0.25) is 10.0 Å². The molecule has 112 valence electrons. The van der Waals surface area contributed by atoms with E-state index in [4.69, 9.17) is 33.5 Å². The van der Waals surface area contributed by atoms with Crippen LogP contribution in [-0.2, 0) is 0 Å². The molecule has 1 aliphatic rings. The highest BCUT2D eigenvalue weighted by atomic mass is 35.5. The van der Waals surface area contributed by atoms with Crippen molar-refractivity contribution in [3.05, 3.63) is 34.1 Å². The van der Waals surface area contributed by atoms with Gasteiger partial charge < -0.3 is 10.3 Å². The maximum Gasteiger partial charge on any atom is 0.230 e. The third-order valence-electron chi connectivity index (χ3n) is 4.09. The van der Waals surface area contributed by atoms with Gasteiger partial charge in [0.1, 0.15) is 0 Å². The predicted octanol–water partition coefficient (Wildman–Crippen LogP) is 4.28. The van der Waals surface area contributed by atoms with Crippen molar-refractivity contribution in [3.8, 4) is 11.4 Å². The monoisotopic (exact) mass is 325 g/mol. The molecule has 21 heavy (non-hydrogen) atoms. The van der Waals surface area contributed by atoms with E-state index in [2.05, 4.69) is 10.1 Å². The van der Waals surface area contributed by atoms with Crippen LogP contribution in [0.1, 0.15) is 37.5 Å². The van der Waals surface area contributed by atoms with Crippen molar-refractivity contribution in [1.29, 1.82) is 0 Å². The lowest BCUT2D eigenvalue weighted by Gasteiger charge is -2.24. The van der Waals surface area contributed by atoms with E-state index in [-0.39, 0.29) is 0 Å². The smallest absolute Gasteiger partial charge is 0.230 e. The summed E-state index contributed by atoms with van der Waals surface area (Å²) < 4.78 is 5.43. The number of halogens is 2. The molecule has 1 aliphatic carbocycles. The van der Waals surface area contributed by atoms with Gasteiger partial charge in [0.05, 0.1) is 0 Å². The van der Waals surface area contributed by atoms with E-state index in [1.807, 2.05) is 0 Å². The Hall–Kier alpha value is -1.10. The number of rotatable bonds is 3. The molecule has 0 bridgehead atoms. The molecule has 0 unspecified atom stereocenters. The van der Waals surface area contributed by atoms with E-state index in [9.17, 15) is 0 Å². The summed E-state index contributed by atoms with van der Waals surface area (Å²) >= 11 is 12.0. The van der Waals surface area contributed by atoms with Gasteiger partial charge in [-0.25, -0.2) is 0 Å². The van der Waals surface area contributed by atoms with Crippen LogP contribution in [0.3, 0.4) is 0 Å². The minimum atomic E-state index is 0.337. The molecule has 2 aromatic rings. The Labute approximate surface area is 133 Å². The standard InChI is InChI=1S/C15H17Cl2N3O/c16-12-5-11(6-13(17)7-12)14-19-15(21-20-14)10-3-1-9(8-18)2-4-10/h5-7,9-10H,1-4,8,18H2. The maximum atomic E-state index is 6.01. The molecule has 4 nitrogen and oxygen atoms in total. The van der Waals surface area contributed by atoms with Gasteiger partial charge in [-0.15, -0.1) is 0 Å². The minimum Gasteiger partial charge on any atom is -0.339 e. The Morgan fingerprint density at radius 3 is 2.38 bits per heavy atom. The van der Waals surface area contributed by atoms with Gasteiger partial charge in [-0.1, -0.05) is 28.4 Å². The van der Waals surface area contributed by atoms with Crippen LogP contribution in [0, 0.1) is 5.92 Å². The average Bonchev–Trinajstić information content (AvgIpc) is 2.96. The second-order valence-electron chi connectivity index (χ2n) is 5.57. The second-order valence-corrected chi connectivity index (χ2v) is 6.44. The second kappa shape index (κ2) is 6.34. The van der Waals surface area contributed by atoms with Crippen molar-refractivity contribution in [2.45, 2.75) is 31.6 Å². The van der Waals surface area contributed by atoms with Gasteiger partial charge >= 0.3 is 0 Å². The van der Waals surface area contributed by atoms with Gasteiger partial charge in [0, 0.05) is 21.5 Å². The number of nitrogens with two attached hydrogens (primary N) is 1. The van der Waals surface area contributed by atoms with Crippen molar-refractivity contribution >= 4 is 23.2 Å². The summed E-state index contributed by atoms with van der Waals surface area (Å²) in [6.45, 7) is 0.767. The summed E-state index contributed by atoms with van der Waals surface area (Å²) in [5, 5.41) is 5.18. The molecule has 6 heteroatoms. The quantitative estimate of drug-likeness (QED) is 0.914. The fourth-order valence-corrected chi connectivity index (χ4v) is 3.37. The fourth-order valence-electron chi connectivity index (χ4n) is 2.85. The molecule has 0 aliphatic heterocycles. The Bertz CT molecular complexity index is 601. The molecule has 1 saturated carbocycles. The molecule has 1 aromatic heterocycles. The van der Waals surface area contributed by atoms with E-state index in [0.717, 1.165) is 37.8 Å². The highest BCUT2D eigenvalue weighted by Crippen LogP contribution is 2.35. The molecular weight excluding hydrogens is 309 g/mol. The van der Waals surface area contributed by atoms with E-state index in [1.165, 1.54) is 0 Å². The van der Waals surface area contributed by atoms with Gasteiger partial charge in [-0.3, -0.25) is 0 Å². The molecule has 0 spiro atoms. The van der Waals surface area contributed by atoms with Gasteiger partial charge in [0.25, 0.3) is 0 Å². The third kappa shape index (κ3) is 3.39. The van der Waals surface area contributed by atoms with Crippen LogP contribution in [0.5, 0.6) is 0 Å². The summed E-state index contributed by atoms with van der Waals surface area (Å²) in [7, 11) is 0. The molecule has 0 saturated heterocycles. The molecule has 0 atom stereocenters. The summed E-state index contributed by atoms with van der Waals surface area (Å²) in [5.41, 5.74) is 6.50.